The molecule has 8 nitrogen and oxygen atoms in total. The van der Waals surface area contributed by atoms with Crippen LogP contribution in [-0.2, 0) is 14.8 Å². The Hall–Kier alpha value is -2.99. The lowest BCUT2D eigenvalue weighted by atomic mass is 10.3. The zero-order valence-electron chi connectivity index (χ0n) is 15.4. The van der Waals surface area contributed by atoms with Crippen molar-refractivity contribution in [1.82, 2.24) is 4.72 Å². The fraction of sp³-hybridized carbons (Fsp3) is 0.278. The maximum atomic E-state index is 12.4. The Morgan fingerprint density at radius 1 is 1.03 bits per heavy atom. The van der Waals surface area contributed by atoms with Crippen molar-refractivity contribution in [1.29, 1.82) is 0 Å². The van der Waals surface area contributed by atoms with Crippen molar-refractivity contribution in [2.45, 2.75) is 17.7 Å². The van der Waals surface area contributed by atoms with E-state index in [1.54, 1.807) is 0 Å². The van der Waals surface area contributed by atoms with Crippen LogP contribution in [0.4, 0.5) is 18.9 Å². The molecule has 0 saturated heterocycles. The molecule has 2 N–H and O–H groups in total. The maximum absolute atomic E-state index is 12.4. The summed E-state index contributed by atoms with van der Waals surface area (Å²) in [5.74, 6) is -0.178. The van der Waals surface area contributed by atoms with E-state index in [9.17, 15) is 26.4 Å². The molecule has 3 rings (SSSR count). The Labute approximate surface area is 170 Å². The number of benzene rings is 2. The standard InChI is InChI=1S/C18H17F3N2O6S/c19-18(20,21)29-13-3-1-12(2-4-13)23-17(24)7-8-22-30(25,26)14-5-6-15-16(11-14)28-10-9-27-15/h1-6,11,22H,7-10H2,(H,23,24). The average molecular weight is 446 g/mol. The van der Waals surface area contributed by atoms with Crippen molar-refractivity contribution in [3.63, 3.8) is 0 Å². The molecule has 0 atom stereocenters. The van der Waals surface area contributed by atoms with Gasteiger partial charge < -0.3 is 19.5 Å². The van der Waals surface area contributed by atoms with Crippen LogP contribution < -0.4 is 24.2 Å². The van der Waals surface area contributed by atoms with Gasteiger partial charge in [0, 0.05) is 24.7 Å². The second kappa shape index (κ2) is 8.79. The number of amides is 1. The lowest BCUT2D eigenvalue weighted by Crippen LogP contribution is -2.28. The molecular weight excluding hydrogens is 429 g/mol. The molecule has 0 spiro atoms. The third kappa shape index (κ3) is 6.00. The fourth-order valence-electron chi connectivity index (χ4n) is 2.54. The summed E-state index contributed by atoms with van der Waals surface area (Å²) in [6, 6.07) is 8.75. The Balaban J connectivity index is 1.50. The molecule has 0 bridgehead atoms. The van der Waals surface area contributed by atoms with Crippen LogP contribution in [0.2, 0.25) is 0 Å². The number of sulfonamides is 1. The molecule has 1 amide bonds. The fourth-order valence-corrected chi connectivity index (χ4v) is 3.58. The van der Waals surface area contributed by atoms with Gasteiger partial charge in [-0.2, -0.15) is 0 Å². The molecule has 0 saturated carbocycles. The van der Waals surface area contributed by atoms with Crippen molar-refractivity contribution in [2.24, 2.45) is 0 Å². The highest BCUT2D eigenvalue weighted by Gasteiger charge is 2.31. The number of fused-ring (bicyclic) bond motifs is 1. The molecule has 0 radical (unpaired) electrons. The highest BCUT2D eigenvalue weighted by Crippen LogP contribution is 2.32. The van der Waals surface area contributed by atoms with Crippen LogP contribution >= 0.6 is 0 Å². The monoisotopic (exact) mass is 446 g/mol. The van der Waals surface area contributed by atoms with Gasteiger partial charge in [0.2, 0.25) is 15.9 Å². The number of carbonyl (C=O) groups is 1. The Kier molecular flexibility index (Phi) is 6.37. The van der Waals surface area contributed by atoms with Crippen molar-refractivity contribution in [3.8, 4) is 17.2 Å². The lowest BCUT2D eigenvalue weighted by Gasteiger charge is -2.18. The molecule has 2 aromatic rings. The largest absolute Gasteiger partial charge is 0.573 e. The van der Waals surface area contributed by atoms with Gasteiger partial charge in [-0.1, -0.05) is 0 Å². The van der Waals surface area contributed by atoms with Crippen LogP contribution in [0.15, 0.2) is 47.4 Å². The first-order chi connectivity index (χ1) is 14.1. The van der Waals surface area contributed by atoms with E-state index in [4.69, 9.17) is 9.47 Å². The Morgan fingerprint density at radius 3 is 2.37 bits per heavy atom. The molecule has 2 aromatic carbocycles. The van der Waals surface area contributed by atoms with E-state index in [1.165, 1.54) is 30.3 Å². The second-order valence-electron chi connectivity index (χ2n) is 6.07. The molecule has 0 aliphatic carbocycles. The van der Waals surface area contributed by atoms with Crippen molar-refractivity contribution >= 4 is 21.6 Å². The zero-order chi connectivity index (χ0) is 21.8. The summed E-state index contributed by atoms with van der Waals surface area (Å²) in [6.07, 6.45) is -5.00. The predicted molar refractivity (Wildman–Crippen MR) is 99.0 cm³/mol. The highest BCUT2D eigenvalue weighted by molar-refractivity contribution is 7.89. The number of rotatable bonds is 7. The first-order valence-corrected chi connectivity index (χ1v) is 10.2. The molecule has 0 aromatic heterocycles. The van der Waals surface area contributed by atoms with E-state index in [1.807, 2.05) is 0 Å². The number of hydrogen-bond acceptors (Lipinski definition) is 6. The first-order valence-electron chi connectivity index (χ1n) is 8.67. The molecule has 1 aliphatic rings. The molecule has 0 unspecified atom stereocenters. The van der Waals surface area contributed by atoms with Gasteiger partial charge >= 0.3 is 6.36 Å². The smallest absolute Gasteiger partial charge is 0.486 e. The minimum absolute atomic E-state index is 0.0348. The van der Waals surface area contributed by atoms with Gasteiger partial charge in [0.1, 0.15) is 19.0 Å². The first kappa shape index (κ1) is 21.7. The maximum Gasteiger partial charge on any atom is 0.573 e. The van der Waals surface area contributed by atoms with E-state index in [0.29, 0.717) is 24.7 Å². The number of carbonyl (C=O) groups excluding carboxylic acids is 1. The topological polar surface area (TPSA) is 103 Å². The summed E-state index contributed by atoms with van der Waals surface area (Å²) < 4.78 is 77.8. The predicted octanol–water partition coefficient (Wildman–Crippen LogP) is 2.66. The molecular formula is C18H17F3N2O6S. The quantitative estimate of drug-likeness (QED) is 0.678. The number of anilines is 1. The number of nitrogens with one attached hydrogen (secondary N) is 2. The molecule has 0 fully saturated rings. The minimum Gasteiger partial charge on any atom is -0.486 e. The van der Waals surface area contributed by atoms with Crippen LogP contribution in [0, 0.1) is 0 Å². The average Bonchev–Trinajstić information content (AvgIpc) is 2.68. The van der Waals surface area contributed by atoms with Crippen LogP contribution in [0.1, 0.15) is 6.42 Å². The third-order valence-electron chi connectivity index (χ3n) is 3.84. The second-order valence-corrected chi connectivity index (χ2v) is 7.84. The minimum atomic E-state index is -4.81. The van der Waals surface area contributed by atoms with Crippen LogP contribution in [0.5, 0.6) is 17.2 Å². The highest BCUT2D eigenvalue weighted by atomic mass is 32.2. The number of halogens is 3. The van der Waals surface area contributed by atoms with E-state index in [-0.39, 0.29) is 23.5 Å². The SMILES string of the molecule is O=C(CCNS(=O)(=O)c1ccc2c(c1)OCCO2)Nc1ccc(OC(F)(F)F)cc1. The van der Waals surface area contributed by atoms with Gasteiger partial charge in [-0.3, -0.25) is 4.79 Å². The summed E-state index contributed by atoms with van der Waals surface area (Å²) >= 11 is 0. The van der Waals surface area contributed by atoms with Gasteiger partial charge in [0.15, 0.2) is 11.5 Å². The van der Waals surface area contributed by atoms with E-state index < -0.39 is 28.0 Å². The number of ether oxygens (including phenoxy) is 3. The van der Waals surface area contributed by atoms with Crippen molar-refractivity contribution < 1.29 is 40.6 Å². The normalized spacial score (nSPS) is 13.6. The molecule has 1 heterocycles. The molecule has 12 heteroatoms. The number of alkyl halides is 3. The molecule has 30 heavy (non-hydrogen) atoms. The van der Waals surface area contributed by atoms with Crippen molar-refractivity contribution in [3.05, 3.63) is 42.5 Å². The van der Waals surface area contributed by atoms with E-state index >= 15 is 0 Å². The van der Waals surface area contributed by atoms with Gasteiger partial charge in [0.25, 0.3) is 0 Å². The molecule has 162 valence electrons. The summed E-state index contributed by atoms with van der Waals surface area (Å²) in [5.41, 5.74) is 0.240. The summed E-state index contributed by atoms with van der Waals surface area (Å²) in [5, 5.41) is 2.45. The zero-order valence-corrected chi connectivity index (χ0v) is 16.2. The Morgan fingerprint density at radius 2 is 1.70 bits per heavy atom. The number of hydrogen-bond donors (Lipinski definition) is 2. The summed E-state index contributed by atoms with van der Waals surface area (Å²) in [6.45, 7) is 0.510. The van der Waals surface area contributed by atoms with E-state index in [0.717, 1.165) is 12.1 Å². The third-order valence-corrected chi connectivity index (χ3v) is 5.30. The van der Waals surface area contributed by atoms with Crippen LogP contribution in [-0.4, -0.2) is 40.4 Å². The Bertz CT molecular complexity index is 1010. The molecule has 1 aliphatic heterocycles. The van der Waals surface area contributed by atoms with Crippen molar-refractivity contribution in [2.75, 3.05) is 25.1 Å². The van der Waals surface area contributed by atoms with Gasteiger partial charge in [-0.05, 0) is 36.4 Å². The summed E-state index contributed by atoms with van der Waals surface area (Å²) in [4.78, 5) is 11.9. The van der Waals surface area contributed by atoms with E-state index in [2.05, 4.69) is 14.8 Å². The van der Waals surface area contributed by atoms with Gasteiger partial charge in [-0.15, -0.1) is 13.2 Å². The van der Waals surface area contributed by atoms with Gasteiger partial charge in [-0.25, -0.2) is 13.1 Å². The lowest BCUT2D eigenvalue weighted by molar-refractivity contribution is -0.274. The van der Waals surface area contributed by atoms with Crippen LogP contribution in [0.3, 0.4) is 0 Å². The van der Waals surface area contributed by atoms with Gasteiger partial charge in [0.05, 0.1) is 4.90 Å². The summed E-state index contributed by atoms with van der Waals surface area (Å²) in [7, 11) is -3.87. The van der Waals surface area contributed by atoms with Crippen LogP contribution in [0.25, 0.3) is 0 Å².